The van der Waals surface area contributed by atoms with Gasteiger partial charge in [-0.2, -0.15) is 0 Å². The highest BCUT2D eigenvalue weighted by Crippen LogP contribution is 2.28. The van der Waals surface area contributed by atoms with E-state index in [9.17, 15) is 8.42 Å². The number of hydrogen-bond acceptors (Lipinski definition) is 3. The average Bonchev–Trinajstić information content (AvgIpc) is 3.14. The lowest BCUT2D eigenvalue weighted by molar-refractivity contribution is 0.576. The number of nitrogens with one attached hydrogen (secondary N) is 2. The fourth-order valence-electron chi connectivity index (χ4n) is 2.17. The van der Waals surface area contributed by atoms with E-state index in [1.54, 1.807) is 6.07 Å². The summed E-state index contributed by atoms with van der Waals surface area (Å²) >= 11 is 0. The van der Waals surface area contributed by atoms with Crippen molar-refractivity contribution in [3.8, 4) is 0 Å². The van der Waals surface area contributed by atoms with Crippen LogP contribution >= 0.6 is 0 Å². The van der Waals surface area contributed by atoms with Gasteiger partial charge in [0, 0.05) is 13.1 Å². The smallest absolute Gasteiger partial charge is 0.240 e. The molecule has 5 heteroatoms. The molecule has 2 rings (SSSR count). The number of hydrogen-bond donors (Lipinski definition) is 2. The first-order valence-electron chi connectivity index (χ1n) is 6.68. The van der Waals surface area contributed by atoms with Gasteiger partial charge in [0.25, 0.3) is 0 Å². The Morgan fingerprint density at radius 2 is 1.89 bits per heavy atom. The van der Waals surface area contributed by atoms with Gasteiger partial charge in [-0.15, -0.1) is 0 Å². The predicted octanol–water partition coefficient (Wildman–Crippen LogP) is 1.71. The van der Waals surface area contributed by atoms with Gasteiger partial charge >= 0.3 is 0 Å². The summed E-state index contributed by atoms with van der Waals surface area (Å²) in [6.07, 6.45) is 2.28. The molecule has 0 atom stereocenters. The van der Waals surface area contributed by atoms with E-state index in [0.717, 1.165) is 29.5 Å². The van der Waals surface area contributed by atoms with Crippen LogP contribution in [0.2, 0.25) is 0 Å². The Balaban J connectivity index is 2.28. The van der Waals surface area contributed by atoms with Crippen molar-refractivity contribution < 1.29 is 8.42 Å². The van der Waals surface area contributed by atoms with Crippen molar-refractivity contribution in [2.75, 3.05) is 13.6 Å². The zero-order chi connectivity index (χ0) is 14.0. The highest BCUT2D eigenvalue weighted by Gasteiger charge is 2.25. The lowest BCUT2D eigenvalue weighted by Gasteiger charge is -2.13. The Kier molecular flexibility index (Phi) is 4.28. The summed E-state index contributed by atoms with van der Waals surface area (Å²) in [6.45, 7) is 5.10. The van der Waals surface area contributed by atoms with E-state index in [4.69, 9.17) is 0 Å². The molecule has 0 saturated heterocycles. The summed E-state index contributed by atoms with van der Waals surface area (Å²) in [5.41, 5.74) is 2.95. The lowest BCUT2D eigenvalue weighted by Crippen LogP contribution is -2.27. The van der Waals surface area contributed by atoms with Crippen molar-refractivity contribution in [3.63, 3.8) is 0 Å². The maximum atomic E-state index is 12.3. The summed E-state index contributed by atoms with van der Waals surface area (Å²) in [5.74, 6) is 0.539. The molecule has 1 fully saturated rings. The molecule has 0 radical (unpaired) electrons. The second-order valence-corrected chi connectivity index (χ2v) is 7.11. The predicted molar refractivity (Wildman–Crippen MR) is 76.6 cm³/mol. The van der Waals surface area contributed by atoms with Crippen LogP contribution in [0.3, 0.4) is 0 Å². The van der Waals surface area contributed by atoms with Crippen LogP contribution in [0, 0.1) is 19.8 Å². The van der Waals surface area contributed by atoms with Gasteiger partial charge in [-0.05, 0) is 62.4 Å². The Bertz CT molecular complexity index is 563. The largest absolute Gasteiger partial charge is 0.316 e. The molecule has 106 valence electrons. The minimum Gasteiger partial charge on any atom is -0.316 e. The van der Waals surface area contributed by atoms with E-state index in [2.05, 4.69) is 10.0 Å². The van der Waals surface area contributed by atoms with Crippen LogP contribution in [0.15, 0.2) is 17.0 Å². The number of aryl methyl sites for hydroxylation is 2. The molecule has 1 aliphatic rings. The van der Waals surface area contributed by atoms with Crippen LogP contribution in [0.1, 0.15) is 29.5 Å². The molecule has 0 heterocycles. The van der Waals surface area contributed by atoms with E-state index in [-0.39, 0.29) is 0 Å². The maximum absolute atomic E-state index is 12.3. The average molecular weight is 282 g/mol. The fraction of sp³-hybridized carbons (Fsp3) is 0.571. The molecule has 19 heavy (non-hydrogen) atoms. The van der Waals surface area contributed by atoms with Gasteiger partial charge in [-0.3, -0.25) is 0 Å². The van der Waals surface area contributed by atoms with Crippen LogP contribution in [-0.4, -0.2) is 22.0 Å². The van der Waals surface area contributed by atoms with Gasteiger partial charge in [0.05, 0.1) is 4.90 Å². The monoisotopic (exact) mass is 282 g/mol. The third-order valence-corrected chi connectivity index (χ3v) is 5.11. The van der Waals surface area contributed by atoms with Crippen molar-refractivity contribution >= 4 is 10.0 Å². The Labute approximate surface area is 115 Å². The van der Waals surface area contributed by atoms with E-state index >= 15 is 0 Å². The molecule has 0 unspecified atom stereocenters. The van der Waals surface area contributed by atoms with E-state index in [0.29, 0.717) is 23.9 Å². The molecule has 0 spiro atoms. The maximum Gasteiger partial charge on any atom is 0.240 e. The lowest BCUT2D eigenvalue weighted by atomic mass is 10.1. The van der Waals surface area contributed by atoms with Gasteiger partial charge in [-0.1, -0.05) is 6.07 Å². The van der Waals surface area contributed by atoms with Crippen molar-refractivity contribution in [2.45, 2.75) is 38.1 Å². The van der Waals surface area contributed by atoms with Crippen LogP contribution in [-0.2, 0) is 16.6 Å². The molecule has 0 amide bonds. The Morgan fingerprint density at radius 3 is 2.47 bits per heavy atom. The quantitative estimate of drug-likeness (QED) is 0.835. The zero-order valence-corrected chi connectivity index (χ0v) is 12.6. The summed E-state index contributed by atoms with van der Waals surface area (Å²) in [5, 5.41) is 3.07. The molecule has 0 aliphatic heterocycles. The fourth-order valence-corrected chi connectivity index (χ4v) is 3.56. The van der Waals surface area contributed by atoms with Gasteiger partial charge in [-0.25, -0.2) is 13.1 Å². The Morgan fingerprint density at radius 1 is 1.21 bits per heavy atom. The number of rotatable bonds is 6. The van der Waals surface area contributed by atoms with Crippen molar-refractivity contribution in [1.82, 2.24) is 10.0 Å². The highest BCUT2D eigenvalue weighted by atomic mass is 32.2. The van der Waals surface area contributed by atoms with Crippen molar-refractivity contribution in [1.29, 1.82) is 0 Å². The first-order valence-corrected chi connectivity index (χ1v) is 8.16. The van der Waals surface area contributed by atoms with Gasteiger partial charge in [0.1, 0.15) is 0 Å². The standard InChI is InChI=1S/C14H22N2O2S/c1-10-6-11(2)14(7-13(10)9-15-3)19(17,18)16-8-12-4-5-12/h6-7,12,15-16H,4-5,8-9H2,1-3H3. The van der Waals surface area contributed by atoms with Crippen molar-refractivity contribution in [3.05, 3.63) is 28.8 Å². The summed E-state index contributed by atoms with van der Waals surface area (Å²) in [6, 6.07) is 3.73. The van der Waals surface area contributed by atoms with Gasteiger partial charge < -0.3 is 5.32 Å². The minimum absolute atomic E-state index is 0.406. The molecule has 2 N–H and O–H groups in total. The highest BCUT2D eigenvalue weighted by molar-refractivity contribution is 7.89. The molecular formula is C14H22N2O2S. The molecular weight excluding hydrogens is 260 g/mol. The van der Waals surface area contributed by atoms with Crippen LogP contribution in [0.5, 0.6) is 0 Å². The summed E-state index contributed by atoms with van der Waals surface area (Å²) < 4.78 is 27.4. The summed E-state index contributed by atoms with van der Waals surface area (Å²) in [4.78, 5) is 0.406. The van der Waals surface area contributed by atoms with E-state index < -0.39 is 10.0 Å². The Hall–Kier alpha value is -0.910. The topological polar surface area (TPSA) is 58.2 Å². The van der Waals surface area contributed by atoms with E-state index in [1.165, 1.54) is 0 Å². The molecule has 0 bridgehead atoms. The molecule has 4 nitrogen and oxygen atoms in total. The van der Waals surface area contributed by atoms with Crippen LogP contribution in [0.25, 0.3) is 0 Å². The number of sulfonamides is 1. The third kappa shape index (κ3) is 3.55. The first-order chi connectivity index (χ1) is 8.94. The molecule has 1 aromatic rings. The number of benzene rings is 1. The normalized spacial score (nSPS) is 15.7. The molecule has 1 saturated carbocycles. The first kappa shape index (κ1) is 14.5. The van der Waals surface area contributed by atoms with Gasteiger partial charge in [0.15, 0.2) is 0 Å². The zero-order valence-electron chi connectivity index (χ0n) is 11.8. The summed E-state index contributed by atoms with van der Waals surface area (Å²) in [7, 11) is -1.52. The third-order valence-electron chi connectivity index (χ3n) is 3.55. The van der Waals surface area contributed by atoms with Crippen LogP contribution < -0.4 is 10.0 Å². The molecule has 0 aromatic heterocycles. The second kappa shape index (κ2) is 5.61. The molecule has 1 aliphatic carbocycles. The second-order valence-electron chi connectivity index (χ2n) is 5.37. The minimum atomic E-state index is -3.38. The van der Waals surface area contributed by atoms with Crippen molar-refractivity contribution in [2.24, 2.45) is 5.92 Å². The molecule has 1 aromatic carbocycles. The van der Waals surface area contributed by atoms with E-state index in [1.807, 2.05) is 27.0 Å². The van der Waals surface area contributed by atoms with Gasteiger partial charge in [0.2, 0.25) is 10.0 Å². The SMILES string of the molecule is CNCc1cc(S(=O)(=O)NCC2CC2)c(C)cc1C. The van der Waals surface area contributed by atoms with Crippen LogP contribution in [0.4, 0.5) is 0 Å².